The van der Waals surface area contributed by atoms with Crippen molar-refractivity contribution in [1.82, 2.24) is 15.5 Å². The third kappa shape index (κ3) is 7.55. The van der Waals surface area contributed by atoms with Gasteiger partial charge in [0, 0.05) is 38.8 Å². The molecule has 1 aliphatic rings. The molecule has 6 nitrogen and oxygen atoms in total. The highest BCUT2D eigenvalue weighted by atomic mass is 127. The number of hydrogen-bond donors (Lipinski definition) is 2. The largest absolute Gasteiger partial charge is 0.493 e. The number of nitrogens with zero attached hydrogens (tertiary/aromatic N) is 2. The number of guanidine groups is 1. The summed E-state index contributed by atoms with van der Waals surface area (Å²) in [6.45, 7) is 7.67. The number of ether oxygens (including phenoxy) is 2. The van der Waals surface area contributed by atoms with Crippen molar-refractivity contribution in [3.05, 3.63) is 59.7 Å². The fraction of sp³-hybridized carbons (Fsp3) is 0.480. The van der Waals surface area contributed by atoms with Crippen LogP contribution in [-0.2, 0) is 13.1 Å². The highest BCUT2D eigenvalue weighted by molar-refractivity contribution is 14.0. The Morgan fingerprint density at radius 1 is 1.12 bits per heavy atom. The van der Waals surface area contributed by atoms with Gasteiger partial charge in [0.15, 0.2) is 17.5 Å². The van der Waals surface area contributed by atoms with Crippen molar-refractivity contribution in [3.8, 4) is 11.5 Å². The molecule has 0 bridgehead atoms. The Kier molecular flexibility index (Phi) is 11.1. The van der Waals surface area contributed by atoms with Gasteiger partial charge in [0.25, 0.3) is 0 Å². The van der Waals surface area contributed by atoms with E-state index in [-0.39, 0.29) is 24.0 Å². The van der Waals surface area contributed by atoms with Crippen LogP contribution in [0.15, 0.2) is 53.5 Å². The molecular formula is C25H37IN4O2. The zero-order valence-electron chi connectivity index (χ0n) is 19.6. The van der Waals surface area contributed by atoms with E-state index in [4.69, 9.17) is 9.47 Å². The molecule has 1 saturated heterocycles. The molecule has 0 aliphatic carbocycles. The minimum Gasteiger partial charge on any atom is -0.493 e. The Bertz CT molecular complexity index is 847. The van der Waals surface area contributed by atoms with Crippen LogP contribution in [0.5, 0.6) is 11.5 Å². The van der Waals surface area contributed by atoms with Crippen molar-refractivity contribution in [3.63, 3.8) is 0 Å². The minimum absolute atomic E-state index is 0. The summed E-state index contributed by atoms with van der Waals surface area (Å²) in [6, 6.07) is 17.7. The first-order valence-electron chi connectivity index (χ1n) is 11.2. The lowest BCUT2D eigenvalue weighted by Crippen LogP contribution is -2.51. The van der Waals surface area contributed by atoms with Crippen LogP contribution in [0.25, 0.3) is 0 Å². The van der Waals surface area contributed by atoms with Crippen LogP contribution in [0.4, 0.5) is 0 Å². The molecular weight excluding hydrogens is 515 g/mol. The van der Waals surface area contributed by atoms with E-state index in [9.17, 15) is 0 Å². The summed E-state index contributed by atoms with van der Waals surface area (Å²) < 4.78 is 11.1. The summed E-state index contributed by atoms with van der Waals surface area (Å²) in [6.07, 6.45) is 2.21. The SMILES string of the molecule is CCOc1cc(CNC(=NC)NC2CCN(Cc3ccccc3)C(C)C2)ccc1OC.I. The molecule has 176 valence electrons. The first kappa shape index (κ1) is 26.3. The number of halogens is 1. The Morgan fingerprint density at radius 3 is 2.56 bits per heavy atom. The van der Waals surface area contributed by atoms with Crippen molar-refractivity contribution in [2.24, 2.45) is 4.99 Å². The average molecular weight is 553 g/mol. The second kappa shape index (κ2) is 13.5. The van der Waals surface area contributed by atoms with E-state index < -0.39 is 0 Å². The maximum absolute atomic E-state index is 5.68. The molecule has 32 heavy (non-hydrogen) atoms. The molecule has 1 fully saturated rings. The van der Waals surface area contributed by atoms with Gasteiger partial charge in [-0.1, -0.05) is 36.4 Å². The molecule has 2 unspecified atom stereocenters. The summed E-state index contributed by atoms with van der Waals surface area (Å²) in [5, 5.41) is 7.04. The molecule has 0 amide bonds. The average Bonchev–Trinajstić information content (AvgIpc) is 2.79. The zero-order valence-corrected chi connectivity index (χ0v) is 22.0. The van der Waals surface area contributed by atoms with Crippen molar-refractivity contribution in [2.75, 3.05) is 27.3 Å². The molecule has 0 radical (unpaired) electrons. The Hall–Kier alpha value is -2.00. The topological polar surface area (TPSA) is 58.1 Å². The third-order valence-corrected chi connectivity index (χ3v) is 5.79. The first-order chi connectivity index (χ1) is 15.1. The molecule has 2 atom stereocenters. The van der Waals surface area contributed by atoms with Gasteiger partial charge in [-0.3, -0.25) is 9.89 Å². The second-order valence-electron chi connectivity index (χ2n) is 8.01. The summed E-state index contributed by atoms with van der Waals surface area (Å²) in [5.41, 5.74) is 2.50. The van der Waals surface area contributed by atoms with Crippen molar-refractivity contribution >= 4 is 29.9 Å². The van der Waals surface area contributed by atoms with Gasteiger partial charge >= 0.3 is 0 Å². The standard InChI is InChI=1S/C25H36N4O2.HI/c1-5-31-24-16-21(11-12-23(24)30-4)17-27-25(26-3)28-22-13-14-29(19(2)15-22)18-20-9-7-6-8-10-20;/h6-12,16,19,22H,5,13-15,17-18H2,1-4H3,(H2,26,27,28);1H. The van der Waals surface area contributed by atoms with E-state index in [1.165, 1.54) is 5.56 Å². The van der Waals surface area contributed by atoms with E-state index >= 15 is 0 Å². The van der Waals surface area contributed by atoms with E-state index in [0.29, 0.717) is 25.2 Å². The summed E-state index contributed by atoms with van der Waals surface area (Å²) in [5.74, 6) is 2.36. The number of methoxy groups -OCH3 is 1. The van der Waals surface area contributed by atoms with Gasteiger partial charge in [0.05, 0.1) is 13.7 Å². The molecule has 3 rings (SSSR count). The van der Waals surface area contributed by atoms with Gasteiger partial charge in [-0.05, 0) is 49.9 Å². The molecule has 2 N–H and O–H groups in total. The molecule has 2 aromatic carbocycles. The number of hydrogen-bond acceptors (Lipinski definition) is 4. The lowest BCUT2D eigenvalue weighted by Gasteiger charge is -2.38. The van der Waals surface area contributed by atoms with Gasteiger partial charge in [0.1, 0.15) is 0 Å². The van der Waals surface area contributed by atoms with Crippen LogP contribution in [0.2, 0.25) is 0 Å². The molecule has 0 aromatic heterocycles. The maximum atomic E-state index is 5.68. The van der Waals surface area contributed by atoms with Gasteiger partial charge < -0.3 is 20.1 Å². The second-order valence-corrected chi connectivity index (χ2v) is 8.01. The van der Waals surface area contributed by atoms with Crippen LogP contribution in [-0.4, -0.2) is 50.3 Å². The lowest BCUT2D eigenvalue weighted by atomic mass is 9.97. The van der Waals surface area contributed by atoms with Crippen LogP contribution < -0.4 is 20.1 Å². The Labute approximate surface area is 209 Å². The Morgan fingerprint density at radius 2 is 1.91 bits per heavy atom. The lowest BCUT2D eigenvalue weighted by molar-refractivity contribution is 0.134. The number of piperidine rings is 1. The number of rotatable bonds is 8. The summed E-state index contributed by atoms with van der Waals surface area (Å²) in [4.78, 5) is 6.99. The van der Waals surface area contributed by atoms with E-state index in [0.717, 1.165) is 49.0 Å². The maximum Gasteiger partial charge on any atom is 0.191 e. The fourth-order valence-electron chi connectivity index (χ4n) is 4.08. The fourth-order valence-corrected chi connectivity index (χ4v) is 4.08. The minimum atomic E-state index is 0. The Balaban J connectivity index is 0.00000363. The third-order valence-electron chi connectivity index (χ3n) is 5.79. The smallest absolute Gasteiger partial charge is 0.191 e. The molecule has 1 heterocycles. The normalized spacial score (nSPS) is 19.1. The summed E-state index contributed by atoms with van der Waals surface area (Å²) in [7, 11) is 3.48. The van der Waals surface area contributed by atoms with Crippen LogP contribution in [0.1, 0.15) is 37.8 Å². The number of aliphatic imine (C=N–C) groups is 1. The van der Waals surface area contributed by atoms with E-state index in [1.54, 1.807) is 7.11 Å². The van der Waals surface area contributed by atoms with Crippen molar-refractivity contribution in [2.45, 2.75) is 51.9 Å². The molecule has 0 spiro atoms. The molecule has 7 heteroatoms. The highest BCUT2D eigenvalue weighted by Gasteiger charge is 2.26. The monoisotopic (exact) mass is 552 g/mol. The highest BCUT2D eigenvalue weighted by Crippen LogP contribution is 2.28. The number of benzene rings is 2. The van der Waals surface area contributed by atoms with Crippen LogP contribution >= 0.6 is 24.0 Å². The molecule has 1 aliphatic heterocycles. The van der Waals surface area contributed by atoms with Crippen LogP contribution in [0, 0.1) is 0 Å². The summed E-state index contributed by atoms with van der Waals surface area (Å²) >= 11 is 0. The molecule has 2 aromatic rings. The van der Waals surface area contributed by atoms with Gasteiger partial charge in [-0.2, -0.15) is 0 Å². The van der Waals surface area contributed by atoms with Gasteiger partial charge in [-0.15, -0.1) is 24.0 Å². The van der Waals surface area contributed by atoms with Crippen molar-refractivity contribution in [1.29, 1.82) is 0 Å². The zero-order chi connectivity index (χ0) is 22.1. The van der Waals surface area contributed by atoms with Gasteiger partial charge in [-0.25, -0.2) is 0 Å². The predicted octanol–water partition coefficient (Wildman–Crippen LogP) is 4.43. The number of likely N-dealkylation sites (tertiary alicyclic amines) is 1. The number of nitrogens with one attached hydrogen (secondary N) is 2. The van der Waals surface area contributed by atoms with E-state index in [1.807, 2.05) is 32.2 Å². The van der Waals surface area contributed by atoms with Gasteiger partial charge in [0.2, 0.25) is 0 Å². The van der Waals surface area contributed by atoms with Crippen molar-refractivity contribution < 1.29 is 9.47 Å². The quantitative estimate of drug-likeness (QED) is 0.289. The van der Waals surface area contributed by atoms with Crippen LogP contribution in [0.3, 0.4) is 0 Å². The predicted molar refractivity (Wildman–Crippen MR) is 142 cm³/mol. The molecule has 0 saturated carbocycles. The van der Waals surface area contributed by atoms with E-state index in [2.05, 4.69) is 57.8 Å². The first-order valence-corrected chi connectivity index (χ1v) is 11.2.